The van der Waals surface area contributed by atoms with Gasteiger partial charge in [-0.15, -0.1) is 0 Å². The molecule has 2 fully saturated rings. The van der Waals surface area contributed by atoms with Gasteiger partial charge in [0.05, 0.1) is 0 Å². The third-order valence-corrected chi connectivity index (χ3v) is 6.39. The summed E-state index contributed by atoms with van der Waals surface area (Å²) in [5.74, 6) is 0.919. The number of hydrogen-bond donors (Lipinski definition) is 1. The molecular formula is C25H33N3O. The maximum absolute atomic E-state index is 12.2. The van der Waals surface area contributed by atoms with Crippen LogP contribution < -0.4 is 10.2 Å². The summed E-state index contributed by atoms with van der Waals surface area (Å²) in [4.78, 5) is 17.2. The Hall–Kier alpha value is -2.33. The highest BCUT2D eigenvalue weighted by Gasteiger charge is 2.18. The van der Waals surface area contributed by atoms with Crippen molar-refractivity contribution in [3.05, 3.63) is 60.2 Å². The maximum Gasteiger partial charge on any atom is 0.224 e. The Kier molecular flexibility index (Phi) is 6.83. The van der Waals surface area contributed by atoms with Gasteiger partial charge in [0, 0.05) is 50.5 Å². The van der Waals surface area contributed by atoms with E-state index in [0.717, 1.165) is 50.7 Å². The quantitative estimate of drug-likeness (QED) is 0.728. The van der Waals surface area contributed by atoms with Gasteiger partial charge in [0.25, 0.3) is 0 Å². The molecule has 1 saturated heterocycles. The third-order valence-electron chi connectivity index (χ3n) is 6.39. The predicted octanol–water partition coefficient (Wildman–Crippen LogP) is 4.92. The van der Waals surface area contributed by atoms with Crippen molar-refractivity contribution in [2.75, 3.05) is 36.4 Å². The van der Waals surface area contributed by atoms with Crippen LogP contribution in [0.4, 0.5) is 11.4 Å². The minimum Gasteiger partial charge on any atom is -0.369 e. The van der Waals surface area contributed by atoms with Gasteiger partial charge < -0.3 is 10.2 Å². The fourth-order valence-corrected chi connectivity index (χ4v) is 4.62. The van der Waals surface area contributed by atoms with Gasteiger partial charge in [-0.05, 0) is 42.2 Å². The summed E-state index contributed by atoms with van der Waals surface area (Å²) in [6, 6.07) is 19.1. The molecule has 4 nitrogen and oxygen atoms in total. The highest BCUT2D eigenvalue weighted by molar-refractivity contribution is 5.90. The number of hydrogen-bond acceptors (Lipinski definition) is 3. The monoisotopic (exact) mass is 391 g/mol. The molecule has 0 aromatic heterocycles. The largest absolute Gasteiger partial charge is 0.369 e. The molecule has 1 N–H and O–H groups in total. The molecule has 4 heteroatoms. The number of amides is 1. The number of carbonyl (C=O) groups excluding carboxylic acids is 1. The van der Waals surface area contributed by atoms with Gasteiger partial charge in [0.1, 0.15) is 0 Å². The van der Waals surface area contributed by atoms with Crippen LogP contribution in [0, 0.1) is 5.92 Å². The molecular weight excluding hydrogens is 358 g/mol. The Labute approximate surface area is 174 Å². The normalized spacial score (nSPS) is 18.1. The first kappa shape index (κ1) is 20.0. The summed E-state index contributed by atoms with van der Waals surface area (Å²) in [5, 5.41) is 3.06. The molecule has 1 heterocycles. The molecule has 2 aliphatic rings. The lowest BCUT2D eigenvalue weighted by Gasteiger charge is -2.36. The van der Waals surface area contributed by atoms with Crippen molar-refractivity contribution in [2.24, 2.45) is 5.92 Å². The summed E-state index contributed by atoms with van der Waals surface area (Å²) in [6.45, 7) is 5.27. The topological polar surface area (TPSA) is 35.6 Å². The van der Waals surface area contributed by atoms with E-state index in [-0.39, 0.29) is 5.91 Å². The second-order valence-electron chi connectivity index (χ2n) is 8.53. The van der Waals surface area contributed by atoms with Gasteiger partial charge >= 0.3 is 0 Å². The van der Waals surface area contributed by atoms with E-state index in [1.807, 2.05) is 12.1 Å². The lowest BCUT2D eigenvalue weighted by Crippen LogP contribution is -2.45. The minimum absolute atomic E-state index is 0.152. The average molecular weight is 392 g/mol. The number of carbonyl (C=O) groups is 1. The Morgan fingerprint density at radius 3 is 2.28 bits per heavy atom. The molecule has 1 saturated carbocycles. The Balaban J connectivity index is 1.21. The molecule has 1 amide bonds. The standard InChI is InChI=1S/C25H33N3O/c29-25(15-10-21-6-4-5-7-21)26-23-11-13-24(14-12-23)28-18-16-27(17-19-28)20-22-8-2-1-3-9-22/h1-3,8-9,11-14,21H,4-7,10,15-20H2,(H,26,29). The van der Waals surface area contributed by atoms with E-state index in [4.69, 9.17) is 0 Å². The first-order valence-corrected chi connectivity index (χ1v) is 11.2. The van der Waals surface area contributed by atoms with Gasteiger partial charge in [0.2, 0.25) is 5.91 Å². The lowest BCUT2D eigenvalue weighted by molar-refractivity contribution is -0.116. The summed E-state index contributed by atoms with van der Waals surface area (Å²) >= 11 is 0. The zero-order valence-corrected chi connectivity index (χ0v) is 17.4. The number of piperazine rings is 1. The molecule has 0 bridgehead atoms. The highest BCUT2D eigenvalue weighted by atomic mass is 16.1. The van der Waals surface area contributed by atoms with Crippen LogP contribution in [-0.2, 0) is 11.3 Å². The number of nitrogens with zero attached hydrogens (tertiary/aromatic N) is 2. The second-order valence-corrected chi connectivity index (χ2v) is 8.53. The highest BCUT2D eigenvalue weighted by Crippen LogP contribution is 2.28. The van der Waals surface area contributed by atoms with E-state index < -0.39 is 0 Å². The predicted molar refractivity (Wildman–Crippen MR) is 120 cm³/mol. The van der Waals surface area contributed by atoms with Crippen LogP contribution in [0.15, 0.2) is 54.6 Å². The van der Waals surface area contributed by atoms with E-state index in [1.54, 1.807) is 0 Å². The molecule has 0 radical (unpaired) electrons. The van der Waals surface area contributed by atoms with E-state index in [1.165, 1.54) is 36.9 Å². The van der Waals surface area contributed by atoms with Gasteiger partial charge in [-0.3, -0.25) is 9.69 Å². The first-order valence-electron chi connectivity index (χ1n) is 11.2. The van der Waals surface area contributed by atoms with Crippen LogP contribution in [0.25, 0.3) is 0 Å². The summed E-state index contributed by atoms with van der Waals surface area (Å²) in [7, 11) is 0. The zero-order valence-electron chi connectivity index (χ0n) is 17.4. The average Bonchev–Trinajstić information content (AvgIpc) is 3.28. The van der Waals surface area contributed by atoms with Gasteiger partial charge in [-0.1, -0.05) is 56.0 Å². The molecule has 2 aromatic carbocycles. The minimum atomic E-state index is 0.152. The number of anilines is 2. The molecule has 2 aromatic rings. The Morgan fingerprint density at radius 2 is 1.59 bits per heavy atom. The summed E-state index contributed by atoms with van der Waals surface area (Å²) < 4.78 is 0. The third kappa shape index (κ3) is 5.83. The Bertz CT molecular complexity index is 760. The smallest absolute Gasteiger partial charge is 0.224 e. The molecule has 0 unspecified atom stereocenters. The second kappa shape index (κ2) is 9.93. The van der Waals surface area contributed by atoms with E-state index in [0.29, 0.717) is 6.42 Å². The van der Waals surface area contributed by atoms with Crippen LogP contribution in [0.1, 0.15) is 44.1 Å². The van der Waals surface area contributed by atoms with Crippen LogP contribution in [-0.4, -0.2) is 37.0 Å². The van der Waals surface area contributed by atoms with Crippen molar-refractivity contribution in [3.8, 4) is 0 Å². The SMILES string of the molecule is O=C(CCC1CCCC1)Nc1ccc(N2CCN(Cc3ccccc3)CC2)cc1. The first-order chi connectivity index (χ1) is 14.3. The van der Waals surface area contributed by atoms with Gasteiger partial charge in [-0.2, -0.15) is 0 Å². The van der Waals surface area contributed by atoms with Gasteiger partial charge in [-0.25, -0.2) is 0 Å². The molecule has 29 heavy (non-hydrogen) atoms. The number of nitrogens with one attached hydrogen (secondary N) is 1. The van der Waals surface area contributed by atoms with Crippen molar-refractivity contribution in [2.45, 2.75) is 45.1 Å². The molecule has 1 aliphatic heterocycles. The van der Waals surface area contributed by atoms with Crippen molar-refractivity contribution < 1.29 is 4.79 Å². The fourth-order valence-electron chi connectivity index (χ4n) is 4.62. The maximum atomic E-state index is 12.2. The van der Waals surface area contributed by atoms with Crippen LogP contribution in [0.2, 0.25) is 0 Å². The van der Waals surface area contributed by atoms with Gasteiger partial charge in [0.15, 0.2) is 0 Å². The molecule has 0 atom stereocenters. The molecule has 4 rings (SSSR count). The zero-order chi connectivity index (χ0) is 19.9. The van der Waals surface area contributed by atoms with Crippen LogP contribution in [0.3, 0.4) is 0 Å². The van der Waals surface area contributed by atoms with E-state index in [2.05, 4.69) is 57.6 Å². The fraction of sp³-hybridized carbons (Fsp3) is 0.480. The van der Waals surface area contributed by atoms with Crippen molar-refractivity contribution >= 4 is 17.3 Å². The number of benzene rings is 2. The summed E-state index contributed by atoms with van der Waals surface area (Å²) in [6.07, 6.45) is 6.98. The summed E-state index contributed by atoms with van der Waals surface area (Å²) in [5.41, 5.74) is 3.54. The van der Waals surface area contributed by atoms with E-state index in [9.17, 15) is 4.79 Å². The van der Waals surface area contributed by atoms with Crippen molar-refractivity contribution in [1.29, 1.82) is 0 Å². The van der Waals surface area contributed by atoms with E-state index >= 15 is 0 Å². The molecule has 154 valence electrons. The van der Waals surface area contributed by atoms with Crippen LogP contribution in [0.5, 0.6) is 0 Å². The molecule has 0 spiro atoms. The van der Waals surface area contributed by atoms with Crippen molar-refractivity contribution in [1.82, 2.24) is 4.90 Å². The van der Waals surface area contributed by atoms with Crippen LogP contribution >= 0.6 is 0 Å². The lowest BCUT2D eigenvalue weighted by atomic mass is 10.0. The van der Waals surface area contributed by atoms with Crippen molar-refractivity contribution in [3.63, 3.8) is 0 Å². The number of rotatable bonds is 7. The molecule has 1 aliphatic carbocycles. The Morgan fingerprint density at radius 1 is 0.897 bits per heavy atom.